The van der Waals surface area contributed by atoms with Gasteiger partial charge in [0, 0.05) is 12.6 Å². The molecular weight excluding hydrogens is 274 g/mol. The summed E-state index contributed by atoms with van der Waals surface area (Å²) in [5.74, 6) is 0.0325. The highest BCUT2D eigenvalue weighted by atomic mass is 32.2. The summed E-state index contributed by atoms with van der Waals surface area (Å²) in [6.07, 6.45) is 3.76. The number of rotatable bonds is 4. The molecule has 2 rings (SSSR count). The van der Waals surface area contributed by atoms with Crippen molar-refractivity contribution in [1.29, 1.82) is 0 Å². The minimum Gasteiger partial charge on any atom is -0.396 e. The van der Waals surface area contributed by atoms with Gasteiger partial charge in [-0.25, -0.2) is 13.1 Å². The fourth-order valence-corrected chi connectivity index (χ4v) is 4.15. The van der Waals surface area contributed by atoms with Crippen molar-refractivity contribution in [1.82, 2.24) is 4.72 Å². The van der Waals surface area contributed by atoms with E-state index in [2.05, 4.69) is 4.72 Å². The minimum atomic E-state index is -3.50. The molecule has 1 aromatic rings. The van der Waals surface area contributed by atoms with Crippen LogP contribution in [0, 0.1) is 19.8 Å². The normalized spacial score (nSPS) is 23.8. The smallest absolute Gasteiger partial charge is 0.240 e. The molecule has 2 unspecified atom stereocenters. The molecule has 1 saturated carbocycles. The van der Waals surface area contributed by atoms with Crippen LogP contribution in [0.15, 0.2) is 23.1 Å². The average molecular weight is 297 g/mol. The van der Waals surface area contributed by atoms with Crippen LogP contribution in [0.1, 0.15) is 36.8 Å². The van der Waals surface area contributed by atoms with E-state index < -0.39 is 10.0 Å². The molecule has 2 N–H and O–H groups in total. The third kappa shape index (κ3) is 3.40. The molecule has 1 fully saturated rings. The van der Waals surface area contributed by atoms with Gasteiger partial charge in [-0.15, -0.1) is 0 Å². The van der Waals surface area contributed by atoms with Gasteiger partial charge < -0.3 is 5.11 Å². The molecule has 1 aliphatic carbocycles. The average Bonchev–Trinajstić information content (AvgIpc) is 2.42. The number of aliphatic hydroxyl groups excluding tert-OH is 1. The summed E-state index contributed by atoms with van der Waals surface area (Å²) in [5.41, 5.74) is 2.05. The predicted molar refractivity (Wildman–Crippen MR) is 79.1 cm³/mol. The summed E-state index contributed by atoms with van der Waals surface area (Å²) < 4.78 is 27.6. The Morgan fingerprint density at radius 3 is 2.55 bits per heavy atom. The van der Waals surface area contributed by atoms with E-state index in [0.717, 1.165) is 36.8 Å². The van der Waals surface area contributed by atoms with Crippen molar-refractivity contribution in [3.63, 3.8) is 0 Å². The van der Waals surface area contributed by atoms with Gasteiger partial charge in [0.05, 0.1) is 4.90 Å². The first-order valence-corrected chi connectivity index (χ1v) is 8.63. The van der Waals surface area contributed by atoms with E-state index in [-0.39, 0.29) is 18.6 Å². The van der Waals surface area contributed by atoms with Gasteiger partial charge in [0.2, 0.25) is 10.0 Å². The molecule has 0 aromatic heterocycles. The third-order valence-electron chi connectivity index (χ3n) is 4.24. The van der Waals surface area contributed by atoms with Gasteiger partial charge in [0.1, 0.15) is 0 Å². The monoisotopic (exact) mass is 297 g/mol. The lowest BCUT2D eigenvalue weighted by Crippen LogP contribution is -2.43. The molecule has 5 heteroatoms. The second kappa shape index (κ2) is 6.24. The Balaban J connectivity index is 2.19. The van der Waals surface area contributed by atoms with Gasteiger partial charge in [0.15, 0.2) is 0 Å². The molecule has 0 amide bonds. The van der Waals surface area contributed by atoms with Crippen LogP contribution >= 0.6 is 0 Å². The largest absolute Gasteiger partial charge is 0.396 e. The second-order valence-corrected chi connectivity index (χ2v) is 7.41. The Hall–Kier alpha value is -0.910. The van der Waals surface area contributed by atoms with Gasteiger partial charge in [-0.2, -0.15) is 0 Å². The van der Waals surface area contributed by atoms with Crippen molar-refractivity contribution in [2.45, 2.75) is 50.5 Å². The van der Waals surface area contributed by atoms with E-state index in [0.29, 0.717) is 4.90 Å². The standard InChI is InChI=1S/C15H23NO3S/c1-11-7-8-14(9-12(11)2)20(18,19)16-15-6-4-3-5-13(15)10-17/h7-9,13,15-17H,3-6,10H2,1-2H3. The molecule has 2 atom stereocenters. The van der Waals surface area contributed by atoms with Crippen LogP contribution in [-0.4, -0.2) is 26.2 Å². The lowest BCUT2D eigenvalue weighted by molar-refractivity contribution is 0.164. The first kappa shape index (κ1) is 15.5. The SMILES string of the molecule is Cc1ccc(S(=O)(=O)NC2CCCCC2CO)cc1C. The van der Waals surface area contributed by atoms with Crippen LogP contribution in [-0.2, 0) is 10.0 Å². The molecular formula is C15H23NO3S. The summed E-state index contributed by atoms with van der Waals surface area (Å²) in [6, 6.07) is 5.02. The number of hydrogen-bond donors (Lipinski definition) is 2. The van der Waals surface area contributed by atoms with Crippen molar-refractivity contribution in [2.75, 3.05) is 6.61 Å². The van der Waals surface area contributed by atoms with Crippen molar-refractivity contribution in [3.8, 4) is 0 Å². The zero-order chi connectivity index (χ0) is 14.8. The van der Waals surface area contributed by atoms with Crippen molar-refractivity contribution < 1.29 is 13.5 Å². The van der Waals surface area contributed by atoms with Crippen molar-refractivity contribution in [2.24, 2.45) is 5.92 Å². The van der Waals surface area contributed by atoms with Crippen molar-refractivity contribution >= 4 is 10.0 Å². The summed E-state index contributed by atoms with van der Waals surface area (Å²) in [5, 5.41) is 9.37. The third-order valence-corrected chi connectivity index (χ3v) is 5.73. The Kier molecular flexibility index (Phi) is 4.83. The number of hydrogen-bond acceptors (Lipinski definition) is 3. The summed E-state index contributed by atoms with van der Waals surface area (Å²) >= 11 is 0. The molecule has 0 radical (unpaired) electrons. The summed E-state index contributed by atoms with van der Waals surface area (Å²) in [4.78, 5) is 0.308. The Bertz CT molecular complexity index is 568. The minimum absolute atomic E-state index is 0.0325. The van der Waals surface area contributed by atoms with Crippen LogP contribution in [0.2, 0.25) is 0 Å². The van der Waals surface area contributed by atoms with Crippen LogP contribution in [0.25, 0.3) is 0 Å². The maximum Gasteiger partial charge on any atom is 0.240 e. The highest BCUT2D eigenvalue weighted by Gasteiger charge is 2.29. The fraction of sp³-hybridized carbons (Fsp3) is 0.600. The predicted octanol–water partition coefficient (Wildman–Crippen LogP) is 2.13. The van der Waals surface area contributed by atoms with Crippen LogP contribution in [0.4, 0.5) is 0 Å². The number of sulfonamides is 1. The van der Waals surface area contributed by atoms with Gasteiger partial charge in [0.25, 0.3) is 0 Å². The Labute approximate surface area is 121 Å². The molecule has 1 aliphatic rings. The topological polar surface area (TPSA) is 66.4 Å². The molecule has 0 bridgehead atoms. The van der Waals surface area contributed by atoms with Gasteiger partial charge in [-0.3, -0.25) is 0 Å². The van der Waals surface area contributed by atoms with E-state index >= 15 is 0 Å². The zero-order valence-corrected chi connectivity index (χ0v) is 12.9. The molecule has 20 heavy (non-hydrogen) atoms. The van der Waals surface area contributed by atoms with Crippen molar-refractivity contribution in [3.05, 3.63) is 29.3 Å². The Morgan fingerprint density at radius 2 is 1.90 bits per heavy atom. The first-order chi connectivity index (χ1) is 9.44. The molecule has 0 aliphatic heterocycles. The maximum atomic E-state index is 12.4. The quantitative estimate of drug-likeness (QED) is 0.894. The number of nitrogens with one attached hydrogen (secondary N) is 1. The van der Waals surface area contributed by atoms with E-state index in [1.165, 1.54) is 0 Å². The van der Waals surface area contributed by atoms with Gasteiger partial charge in [-0.1, -0.05) is 18.9 Å². The number of aryl methyl sites for hydroxylation is 2. The number of benzene rings is 1. The maximum absolute atomic E-state index is 12.4. The summed E-state index contributed by atoms with van der Waals surface area (Å²) in [6.45, 7) is 3.91. The highest BCUT2D eigenvalue weighted by molar-refractivity contribution is 7.89. The Morgan fingerprint density at radius 1 is 1.20 bits per heavy atom. The molecule has 4 nitrogen and oxygen atoms in total. The number of aliphatic hydroxyl groups is 1. The van der Waals surface area contributed by atoms with E-state index in [4.69, 9.17) is 0 Å². The summed E-state index contributed by atoms with van der Waals surface area (Å²) in [7, 11) is -3.50. The first-order valence-electron chi connectivity index (χ1n) is 7.14. The van der Waals surface area contributed by atoms with E-state index in [1.54, 1.807) is 12.1 Å². The molecule has 0 heterocycles. The van der Waals surface area contributed by atoms with Crippen LogP contribution in [0.5, 0.6) is 0 Å². The lowest BCUT2D eigenvalue weighted by Gasteiger charge is -2.30. The fourth-order valence-electron chi connectivity index (χ4n) is 2.73. The second-order valence-electron chi connectivity index (χ2n) is 5.70. The zero-order valence-electron chi connectivity index (χ0n) is 12.1. The highest BCUT2D eigenvalue weighted by Crippen LogP contribution is 2.25. The van der Waals surface area contributed by atoms with Crippen LogP contribution in [0.3, 0.4) is 0 Å². The van der Waals surface area contributed by atoms with E-state index in [1.807, 2.05) is 19.9 Å². The molecule has 0 saturated heterocycles. The molecule has 112 valence electrons. The lowest BCUT2D eigenvalue weighted by atomic mass is 9.86. The van der Waals surface area contributed by atoms with Gasteiger partial charge in [-0.05, 0) is 55.9 Å². The molecule has 1 aromatic carbocycles. The van der Waals surface area contributed by atoms with Gasteiger partial charge >= 0.3 is 0 Å². The van der Waals surface area contributed by atoms with Crippen LogP contribution < -0.4 is 4.72 Å². The van der Waals surface area contributed by atoms with E-state index in [9.17, 15) is 13.5 Å². The molecule has 0 spiro atoms.